The zero-order chi connectivity index (χ0) is 33.1. The number of anilines is 1. The molecule has 14 nitrogen and oxygen atoms in total. The number of carbonyl (C=O) groups excluding carboxylic acids is 6. The molecule has 0 spiro atoms. The van der Waals surface area contributed by atoms with Gasteiger partial charge in [-0.2, -0.15) is 0 Å². The summed E-state index contributed by atoms with van der Waals surface area (Å²) in [6.07, 6.45) is 3.38. The minimum Gasteiger partial charge on any atom is -0.444 e. The number of benzene rings is 1. The van der Waals surface area contributed by atoms with Crippen LogP contribution in [0.5, 0.6) is 0 Å². The van der Waals surface area contributed by atoms with Gasteiger partial charge in [0, 0.05) is 24.5 Å². The van der Waals surface area contributed by atoms with Crippen molar-refractivity contribution in [3.8, 4) is 0 Å². The Morgan fingerprint density at radius 3 is 2.24 bits per heavy atom. The summed E-state index contributed by atoms with van der Waals surface area (Å²) in [7, 11) is 0. The van der Waals surface area contributed by atoms with Crippen molar-refractivity contribution in [2.75, 3.05) is 11.9 Å². The molecule has 1 aliphatic rings. The molecule has 1 fully saturated rings. The maximum Gasteiger partial charge on any atom is 0.411 e. The van der Waals surface area contributed by atoms with Crippen LogP contribution in [0, 0.1) is 11.8 Å². The highest BCUT2D eigenvalue weighted by atomic mass is 16.6. The number of aldehydes is 1. The van der Waals surface area contributed by atoms with Gasteiger partial charge in [-0.15, -0.1) is 0 Å². The number of nitrogens with one attached hydrogen (secondary N) is 4. The molecule has 14 heteroatoms. The third kappa shape index (κ3) is 9.55. The molecule has 4 N–H and O–H groups in total. The summed E-state index contributed by atoms with van der Waals surface area (Å²) in [5.41, 5.74) is 0.537. The van der Waals surface area contributed by atoms with E-state index < -0.39 is 65.9 Å². The summed E-state index contributed by atoms with van der Waals surface area (Å²) in [6.45, 7) is 8.57. The van der Waals surface area contributed by atoms with Gasteiger partial charge in [-0.1, -0.05) is 52.8 Å². The first-order valence-electron chi connectivity index (χ1n) is 14.9. The molecular formula is C31H41N7O7. The van der Waals surface area contributed by atoms with Crippen LogP contribution in [-0.4, -0.2) is 87.7 Å². The van der Waals surface area contributed by atoms with Gasteiger partial charge in [-0.05, 0) is 30.4 Å². The van der Waals surface area contributed by atoms with Crippen LogP contribution in [0.4, 0.5) is 10.5 Å². The Bertz CT molecular complexity index is 1340. The lowest BCUT2D eigenvalue weighted by atomic mass is 9.98. The van der Waals surface area contributed by atoms with Crippen LogP contribution in [0.25, 0.3) is 0 Å². The summed E-state index contributed by atoms with van der Waals surface area (Å²) < 4.78 is 5.57. The zero-order valence-corrected chi connectivity index (χ0v) is 26.1. The second-order valence-corrected chi connectivity index (χ2v) is 11.4. The highest BCUT2D eigenvalue weighted by Crippen LogP contribution is 2.24. The van der Waals surface area contributed by atoms with Crippen LogP contribution in [0.2, 0.25) is 0 Å². The number of carbonyl (C=O) groups is 6. The summed E-state index contributed by atoms with van der Waals surface area (Å²) in [6, 6.07) is 4.71. The minimum absolute atomic E-state index is 0.0172. The van der Waals surface area contributed by atoms with Crippen LogP contribution in [-0.2, 0) is 23.9 Å². The van der Waals surface area contributed by atoms with E-state index in [4.69, 9.17) is 4.74 Å². The van der Waals surface area contributed by atoms with Crippen molar-refractivity contribution < 1.29 is 33.5 Å². The van der Waals surface area contributed by atoms with Crippen molar-refractivity contribution in [1.82, 2.24) is 30.8 Å². The Morgan fingerprint density at radius 1 is 0.978 bits per heavy atom. The van der Waals surface area contributed by atoms with Crippen molar-refractivity contribution in [3.63, 3.8) is 0 Å². The first-order valence-corrected chi connectivity index (χ1v) is 14.9. The molecular weight excluding hydrogens is 582 g/mol. The largest absolute Gasteiger partial charge is 0.444 e. The fourth-order valence-corrected chi connectivity index (χ4v) is 4.81. The van der Waals surface area contributed by atoms with Crippen LogP contribution in [0.1, 0.15) is 57.9 Å². The summed E-state index contributed by atoms with van der Waals surface area (Å²) in [4.78, 5) is 86.7. The maximum absolute atomic E-state index is 14.0. The molecule has 0 bridgehead atoms. The summed E-state index contributed by atoms with van der Waals surface area (Å²) in [5, 5.41) is 10.7. The van der Waals surface area contributed by atoms with Crippen molar-refractivity contribution in [3.05, 3.63) is 54.6 Å². The number of nitrogens with zero attached hydrogens (tertiary/aromatic N) is 3. The predicted molar refractivity (Wildman–Crippen MR) is 164 cm³/mol. The van der Waals surface area contributed by atoms with Gasteiger partial charge < -0.3 is 30.4 Å². The van der Waals surface area contributed by atoms with Gasteiger partial charge in [0.1, 0.15) is 36.2 Å². The van der Waals surface area contributed by atoms with E-state index in [1.807, 2.05) is 0 Å². The van der Waals surface area contributed by atoms with Gasteiger partial charge in [0.2, 0.25) is 17.7 Å². The molecule has 0 radical (unpaired) electrons. The molecule has 5 amide bonds. The molecule has 1 saturated heterocycles. The van der Waals surface area contributed by atoms with E-state index in [1.54, 1.807) is 65.0 Å². The molecule has 0 unspecified atom stereocenters. The third-order valence-corrected chi connectivity index (χ3v) is 7.34. The average molecular weight is 624 g/mol. The number of hydrogen-bond acceptors (Lipinski definition) is 9. The van der Waals surface area contributed by atoms with E-state index in [0.717, 1.165) is 0 Å². The van der Waals surface area contributed by atoms with E-state index in [1.165, 1.54) is 23.5 Å². The highest BCUT2D eigenvalue weighted by Gasteiger charge is 2.45. The lowest BCUT2D eigenvalue weighted by Gasteiger charge is -2.32. The Hall–Kier alpha value is -4.88. The van der Waals surface area contributed by atoms with Gasteiger partial charge in [-0.25, -0.2) is 9.78 Å². The fraction of sp³-hybridized carbons (Fsp3) is 0.484. The van der Waals surface area contributed by atoms with Crippen molar-refractivity contribution in [2.24, 2.45) is 11.8 Å². The number of amides is 5. The Balaban J connectivity index is 1.79. The Morgan fingerprint density at radius 2 is 1.67 bits per heavy atom. The molecule has 3 rings (SSSR count). The lowest BCUT2D eigenvalue weighted by molar-refractivity contribution is -0.143. The third-order valence-electron chi connectivity index (χ3n) is 7.34. The SMILES string of the molecule is CC[C@@H](C=O)NC(=O)[C@@H]1C[C@@H](OC(=O)Nc2ccccc2)CN1C(=O)[C@H](NC(=O)[C@H](NC(=O)c1cnccn1)C(C)C)C(C)C. The molecule has 1 aromatic carbocycles. The van der Waals surface area contributed by atoms with Gasteiger partial charge in [0.05, 0.1) is 18.8 Å². The van der Waals surface area contributed by atoms with E-state index in [2.05, 4.69) is 31.2 Å². The van der Waals surface area contributed by atoms with E-state index in [9.17, 15) is 28.8 Å². The van der Waals surface area contributed by atoms with Gasteiger partial charge in [0.15, 0.2) is 0 Å². The lowest BCUT2D eigenvalue weighted by Crippen LogP contribution is -2.59. The molecule has 2 heterocycles. The Kier molecular flexibility index (Phi) is 12.5. The molecule has 242 valence electrons. The highest BCUT2D eigenvalue weighted by molar-refractivity contribution is 5.98. The first-order chi connectivity index (χ1) is 21.4. The second kappa shape index (κ2) is 16.3. The standard InChI is InChI=1S/C31H41N7O7/c1-6-20(17-39)34-28(41)24-14-22(45-31(44)35-21-10-8-7-9-11-21)16-38(24)30(43)26(19(4)5)37-29(42)25(18(2)3)36-27(40)23-15-32-12-13-33-23/h7-13,15,17-20,22,24-26H,6,14,16H2,1-5H3,(H,34,41)(H,35,44)(H,36,40)(H,37,42)/t20-,22+,24-,25+,26+/m0/s1. The minimum atomic E-state index is -1.09. The topological polar surface area (TPSA) is 189 Å². The first kappa shape index (κ1) is 34.6. The number of ether oxygens (including phenoxy) is 1. The molecule has 0 aliphatic carbocycles. The average Bonchev–Trinajstić information content (AvgIpc) is 3.44. The molecule has 1 aliphatic heterocycles. The number of hydrogen-bond donors (Lipinski definition) is 4. The van der Waals surface area contributed by atoms with Crippen molar-refractivity contribution in [1.29, 1.82) is 0 Å². The van der Waals surface area contributed by atoms with Crippen molar-refractivity contribution in [2.45, 2.75) is 77.7 Å². The van der Waals surface area contributed by atoms with Crippen molar-refractivity contribution >= 4 is 41.7 Å². The van der Waals surface area contributed by atoms with E-state index >= 15 is 0 Å². The predicted octanol–water partition coefficient (Wildman–Crippen LogP) is 1.68. The fourth-order valence-electron chi connectivity index (χ4n) is 4.81. The number of rotatable bonds is 13. The quantitative estimate of drug-likeness (QED) is 0.241. The molecule has 0 saturated carbocycles. The molecule has 1 aromatic heterocycles. The number of likely N-dealkylation sites (tertiary alicyclic amines) is 1. The summed E-state index contributed by atoms with van der Waals surface area (Å²) >= 11 is 0. The van der Waals surface area contributed by atoms with E-state index in [0.29, 0.717) is 18.4 Å². The van der Waals surface area contributed by atoms with E-state index in [-0.39, 0.29) is 24.6 Å². The monoisotopic (exact) mass is 623 g/mol. The maximum atomic E-state index is 14.0. The molecule has 2 aromatic rings. The number of aromatic nitrogens is 2. The number of para-hydroxylation sites is 1. The van der Waals surface area contributed by atoms with Gasteiger partial charge in [0.25, 0.3) is 5.91 Å². The van der Waals surface area contributed by atoms with Gasteiger partial charge in [-0.3, -0.25) is 29.5 Å². The van der Waals surface area contributed by atoms with Gasteiger partial charge >= 0.3 is 6.09 Å². The van der Waals surface area contributed by atoms with Crippen LogP contribution < -0.4 is 21.3 Å². The second-order valence-electron chi connectivity index (χ2n) is 11.4. The smallest absolute Gasteiger partial charge is 0.411 e. The molecule has 5 atom stereocenters. The zero-order valence-electron chi connectivity index (χ0n) is 26.1. The normalized spacial score (nSPS) is 18.0. The molecule has 45 heavy (non-hydrogen) atoms. The van der Waals surface area contributed by atoms with Crippen LogP contribution >= 0.6 is 0 Å². The Labute approximate surface area is 262 Å². The van der Waals surface area contributed by atoms with Crippen LogP contribution in [0.3, 0.4) is 0 Å². The summed E-state index contributed by atoms with van der Waals surface area (Å²) in [5.74, 6) is -3.13. The van der Waals surface area contributed by atoms with Crippen LogP contribution in [0.15, 0.2) is 48.9 Å².